The van der Waals surface area contributed by atoms with Crippen LogP contribution in [0, 0.1) is 0 Å². The molecule has 0 saturated carbocycles. The molecule has 0 N–H and O–H groups in total. The maximum Gasteiger partial charge on any atom is 0.0325 e. The van der Waals surface area contributed by atoms with Gasteiger partial charge in [0.05, 0.1) is 0 Å². The Hall–Kier alpha value is 0.700. The van der Waals surface area contributed by atoms with E-state index in [9.17, 15) is 0 Å². The molecule has 0 bridgehead atoms. The fourth-order valence-corrected chi connectivity index (χ4v) is 1.56. The van der Waals surface area contributed by atoms with Crippen molar-refractivity contribution in [1.29, 1.82) is 0 Å². The Morgan fingerprint density at radius 1 is 1.09 bits per heavy atom. The molecule has 2 unspecified atom stereocenters. The van der Waals surface area contributed by atoms with Gasteiger partial charge in [-0.05, 0) is 12.8 Å². The van der Waals surface area contributed by atoms with Gasteiger partial charge in [0.1, 0.15) is 0 Å². The molecule has 0 saturated heterocycles. The molecular formula is C9H16Br2. The van der Waals surface area contributed by atoms with E-state index in [0.29, 0.717) is 9.65 Å². The summed E-state index contributed by atoms with van der Waals surface area (Å²) in [5.41, 5.74) is 0. The van der Waals surface area contributed by atoms with Gasteiger partial charge in [-0.3, -0.25) is 0 Å². The zero-order valence-corrected chi connectivity index (χ0v) is 10.4. The van der Waals surface area contributed by atoms with Gasteiger partial charge in [-0.1, -0.05) is 64.3 Å². The molecule has 66 valence electrons. The smallest absolute Gasteiger partial charge is 0.0325 e. The van der Waals surface area contributed by atoms with Crippen molar-refractivity contribution in [2.45, 2.75) is 42.8 Å². The van der Waals surface area contributed by atoms with Crippen molar-refractivity contribution in [2.75, 3.05) is 0 Å². The van der Waals surface area contributed by atoms with Crippen molar-refractivity contribution in [2.24, 2.45) is 0 Å². The predicted molar refractivity (Wildman–Crippen MR) is 59.8 cm³/mol. The molecule has 0 amide bonds. The van der Waals surface area contributed by atoms with Crippen LogP contribution in [-0.2, 0) is 0 Å². The molecule has 0 aliphatic carbocycles. The number of hydrogen-bond acceptors (Lipinski definition) is 0. The van der Waals surface area contributed by atoms with Gasteiger partial charge in [-0.25, -0.2) is 0 Å². The summed E-state index contributed by atoms with van der Waals surface area (Å²) in [5.74, 6) is 0. The predicted octanol–water partition coefficient (Wildman–Crippen LogP) is 4.28. The first kappa shape index (κ1) is 11.7. The molecule has 0 spiro atoms. The first-order valence-corrected chi connectivity index (χ1v) is 6.00. The Labute approximate surface area is 86.7 Å². The highest BCUT2D eigenvalue weighted by Gasteiger charge is 1.98. The fraction of sp³-hybridized carbons (Fsp3) is 0.778. The van der Waals surface area contributed by atoms with Crippen molar-refractivity contribution in [3.63, 3.8) is 0 Å². The fourth-order valence-electron chi connectivity index (χ4n) is 0.749. The van der Waals surface area contributed by atoms with E-state index >= 15 is 0 Å². The van der Waals surface area contributed by atoms with Crippen LogP contribution in [0.5, 0.6) is 0 Å². The molecule has 2 atom stereocenters. The lowest BCUT2D eigenvalue weighted by Gasteiger charge is -2.02. The highest BCUT2D eigenvalue weighted by molar-refractivity contribution is 9.10. The monoisotopic (exact) mass is 282 g/mol. The van der Waals surface area contributed by atoms with Crippen molar-refractivity contribution >= 4 is 31.9 Å². The Morgan fingerprint density at radius 3 is 2.09 bits per heavy atom. The van der Waals surface area contributed by atoms with Crippen molar-refractivity contribution in [1.82, 2.24) is 0 Å². The first-order chi connectivity index (χ1) is 5.20. The Bertz CT molecular complexity index is 110. The highest BCUT2D eigenvalue weighted by atomic mass is 79.9. The molecule has 11 heavy (non-hydrogen) atoms. The largest absolute Gasteiger partial charge is 0.0846 e. The van der Waals surface area contributed by atoms with E-state index in [2.05, 4.69) is 57.9 Å². The quantitative estimate of drug-likeness (QED) is 0.522. The molecule has 0 heterocycles. The van der Waals surface area contributed by atoms with Gasteiger partial charge in [-0.2, -0.15) is 0 Å². The van der Waals surface area contributed by atoms with E-state index in [1.54, 1.807) is 0 Å². The lowest BCUT2D eigenvalue weighted by Crippen LogP contribution is -1.94. The molecular weight excluding hydrogens is 268 g/mol. The minimum absolute atomic E-state index is 0.541. The van der Waals surface area contributed by atoms with E-state index in [4.69, 9.17) is 0 Å². The van der Waals surface area contributed by atoms with Crippen LogP contribution in [0.3, 0.4) is 0 Å². The summed E-state index contributed by atoms with van der Waals surface area (Å²) in [5, 5.41) is 0. The van der Waals surface area contributed by atoms with Gasteiger partial charge < -0.3 is 0 Å². The van der Waals surface area contributed by atoms with E-state index in [0.717, 1.165) is 6.42 Å². The van der Waals surface area contributed by atoms with Crippen LogP contribution in [0.25, 0.3) is 0 Å². The van der Waals surface area contributed by atoms with E-state index < -0.39 is 0 Å². The lowest BCUT2D eigenvalue weighted by molar-refractivity contribution is 0.832. The third-order valence-corrected chi connectivity index (χ3v) is 3.20. The molecule has 2 heteroatoms. The van der Waals surface area contributed by atoms with Gasteiger partial charge in [0.2, 0.25) is 0 Å². The summed E-state index contributed by atoms with van der Waals surface area (Å²) in [6.45, 7) is 4.38. The molecule has 0 nitrogen and oxygen atoms in total. The molecule has 0 aromatic heterocycles. The van der Waals surface area contributed by atoms with E-state index in [1.165, 1.54) is 12.8 Å². The molecule has 0 aliphatic rings. The van der Waals surface area contributed by atoms with Crippen LogP contribution in [0.1, 0.15) is 33.1 Å². The maximum absolute atomic E-state index is 3.59. The van der Waals surface area contributed by atoms with Gasteiger partial charge in [0.25, 0.3) is 0 Å². The summed E-state index contributed by atoms with van der Waals surface area (Å²) < 4.78 is 0. The topological polar surface area (TPSA) is 0 Å². The second-order valence-electron chi connectivity index (χ2n) is 2.61. The number of hydrogen-bond donors (Lipinski definition) is 0. The molecule has 0 radical (unpaired) electrons. The number of allylic oxidation sites excluding steroid dienone is 2. The summed E-state index contributed by atoms with van der Waals surface area (Å²) in [7, 11) is 0. The Kier molecular flexibility index (Phi) is 7.82. The number of rotatable bonds is 5. The molecule has 0 aromatic rings. The molecule has 0 rings (SSSR count). The SMILES string of the molecule is CCCC(Br)/C=C/C(Br)CC. The summed E-state index contributed by atoms with van der Waals surface area (Å²) >= 11 is 7.14. The van der Waals surface area contributed by atoms with E-state index in [-0.39, 0.29) is 0 Å². The van der Waals surface area contributed by atoms with E-state index in [1.807, 2.05) is 0 Å². The van der Waals surface area contributed by atoms with Crippen LogP contribution >= 0.6 is 31.9 Å². The molecule has 0 fully saturated rings. The second kappa shape index (κ2) is 7.35. The Balaban J connectivity index is 3.54. The molecule has 0 aromatic carbocycles. The Morgan fingerprint density at radius 2 is 1.64 bits per heavy atom. The van der Waals surface area contributed by atoms with Gasteiger partial charge in [-0.15, -0.1) is 0 Å². The van der Waals surface area contributed by atoms with Crippen LogP contribution in [0.4, 0.5) is 0 Å². The summed E-state index contributed by atoms with van der Waals surface area (Å²) in [6, 6.07) is 0. The maximum atomic E-state index is 3.59. The number of halogens is 2. The first-order valence-electron chi connectivity index (χ1n) is 4.17. The number of alkyl halides is 2. The zero-order chi connectivity index (χ0) is 8.69. The highest BCUT2D eigenvalue weighted by Crippen LogP contribution is 2.12. The summed E-state index contributed by atoms with van der Waals surface area (Å²) in [6.07, 6.45) is 8.06. The van der Waals surface area contributed by atoms with Crippen LogP contribution in [-0.4, -0.2) is 9.65 Å². The lowest BCUT2D eigenvalue weighted by atomic mass is 10.2. The minimum atomic E-state index is 0.541. The van der Waals surface area contributed by atoms with Gasteiger partial charge in [0.15, 0.2) is 0 Å². The standard InChI is InChI=1S/C9H16Br2/c1-3-5-9(11)7-6-8(10)4-2/h6-9H,3-5H2,1-2H3/b7-6+. The van der Waals surface area contributed by atoms with Crippen LogP contribution in [0.15, 0.2) is 12.2 Å². The van der Waals surface area contributed by atoms with Gasteiger partial charge in [0, 0.05) is 9.65 Å². The van der Waals surface area contributed by atoms with Crippen molar-refractivity contribution in [3.05, 3.63) is 12.2 Å². The van der Waals surface area contributed by atoms with Crippen molar-refractivity contribution < 1.29 is 0 Å². The summed E-state index contributed by atoms with van der Waals surface area (Å²) in [4.78, 5) is 1.10. The van der Waals surface area contributed by atoms with Gasteiger partial charge >= 0.3 is 0 Å². The van der Waals surface area contributed by atoms with Crippen LogP contribution in [0.2, 0.25) is 0 Å². The normalized spacial score (nSPS) is 17.1. The third kappa shape index (κ3) is 7.07. The average Bonchev–Trinajstić information content (AvgIpc) is 2.01. The second-order valence-corrected chi connectivity index (χ2v) is 4.97. The zero-order valence-electron chi connectivity index (χ0n) is 7.19. The average molecular weight is 284 g/mol. The third-order valence-electron chi connectivity index (χ3n) is 1.48. The van der Waals surface area contributed by atoms with Crippen LogP contribution < -0.4 is 0 Å². The van der Waals surface area contributed by atoms with Crippen molar-refractivity contribution in [3.8, 4) is 0 Å². The minimum Gasteiger partial charge on any atom is -0.0846 e. The molecule has 0 aliphatic heterocycles.